The van der Waals surface area contributed by atoms with Crippen molar-refractivity contribution in [3.05, 3.63) is 51.7 Å². The van der Waals surface area contributed by atoms with Crippen molar-refractivity contribution in [1.29, 1.82) is 0 Å². The first-order valence-electron chi connectivity index (χ1n) is 8.25. The number of piperidine rings is 1. The SMILES string of the molecule is NCC1(c2cccc(Cl)c2)CCN(c2ncnc3[nH]c(=O)[nH]c23)CC1. The van der Waals surface area contributed by atoms with Gasteiger partial charge in [-0.25, -0.2) is 14.8 Å². The molecule has 3 heterocycles. The quantitative estimate of drug-likeness (QED) is 0.662. The minimum Gasteiger partial charge on any atom is -0.355 e. The summed E-state index contributed by atoms with van der Waals surface area (Å²) in [4.78, 5) is 27.7. The number of fused-ring (bicyclic) bond motifs is 1. The topological polar surface area (TPSA) is 104 Å². The molecule has 4 rings (SSSR count). The molecule has 1 saturated heterocycles. The lowest BCUT2D eigenvalue weighted by Crippen LogP contribution is -2.47. The first-order chi connectivity index (χ1) is 12.1. The van der Waals surface area contributed by atoms with Crippen molar-refractivity contribution in [2.75, 3.05) is 24.5 Å². The van der Waals surface area contributed by atoms with Crippen LogP contribution in [0.5, 0.6) is 0 Å². The van der Waals surface area contributed by atoms with Gasteiger partial charge in [0, 0.05) is 30.1 Å². The van der Waals surface area contributed by atoms with Gasteiger partial charge in [-0.1, -0.05) is 23.7 Å². The van der Waals surface area contributed by atoms with E-state index >= 15 is 0 Å². The third-order valence-electron chi connectivity index (χ3n) is 5.15. The molecule has 4 N–H and O–H groups in total. The van der Waals surface area contributed by atoms with Crippen LogP contribution in [0.15, 0.2) is 35.4 Å². The largest absolute Gasteiger partial charge is 0.355 e. The average molecular weight is 359 g/mol. The number of hydrogen-bond donors (Lipinski definition) is 3. The van der Waals surface area contributed by atoms with Crippen LogP contribution in [-0.2, 0) is 5.41 Å². The summed E-state index contributed by atoms with van der Waals surface area (Å²) in [7, 11) is 0. The number of nitrogens with two attached hydrogens (primary N) is 1. The van der Waals surface area contributed by atoms with Gasteiger partial charge in [0.25, 0.3) is 0 Å². The number of benzene rings is 1. The zero-order chi connectivity index (χ0) is 17.4. The van der Waals surface area contributed by atoms with Gasteiger partial charge in [-0.15, -0.1) is 0 Å². The number of hydrogen-bond acceptors (Lipinski definition) is 5. The van der Waals surface area contributed by atoms with Gasteiger partial charge in [-0.2, -0.15) is 0 Å². The lowest BCUT2D eigenvalue weighted by atomic mass is 9.73. The number of imidazole rings is 1. The van der Waals surface area contributed by atoms with Gasteiger partial charge in [0.05, 0.1) is 0 Å². The number of aromatic amines is 2. The van der Waals surface area contributed by atoms with Gasteiger partial charge in [-0.3, -0.25) is 4.98 Å². The highest BCUT2D eigenvalue weighted by molar-refractivity contribution is 6.30. The molecule has 0 atom stereocenters. The van der Waals surface area contributed by atoms with Crippen molar-refractivity contribution < 1.29 is 0 Å². The standard InChI is InChI=1S/C17H19ClN6O/c18-12-3-1-2-11(8-12)17(9-19)4-6-24(7-5-17)15-13-14(20-10-21-15)23-16(25)22-13/h1-3,8,10H,4-7,9,19H2,(H2,20,21,22,23,25). The maximum absolute atomic E-state index is 11.6. The van der Waals surface area contributed by atoms with E-state index in [2.05, 4.69) is 30.9 Å². The van der Waals surface area contributed by atoms with E-state index in [1.165, 1.54) is 11.9 Å². The molecule has 0 radical (unpaired) electrons. The summed E-state index contributed by atoms with van der Waals surface area (Å²) < 4.78 is 0. The van der Waals surface area contributed by atoms with Crippen LogP contribution in [0.1, 0.15) is 18.4 Å². The number of aromatic nitrogens is 4. The Hall–Kier alpha value is -2.38. The lowest BCUT2D eigenvalue weighted by molar-refractivity contribution is 0.339. The third-order valence-corrected chi connectivity index (χ3v) is 5.38. The van der Waals surface area contributed by atoms with Gasteiger partial charge in [0.1, 0.15) is 11.8 Å². The van der Waals surface area contributed by atoms with Gasteiger partial charge >= 0.3 is 5.69 Å². The molecule has 8 heteroatoms. The zero-order valence-corrected chi connectivity index (χ0v) is 14.4. The first-order valence-corrected chi connectivity index (χ1v) is 8.63. The Labute approximate surface area is 149 Å². The predicted molar refractivity (Wildman–Crippen MR) is 98.1 cm³/mol. The molecule has 0 saturated carbocycles. The molecule has 25 heavy (non-hydrogen) atoms. The van der Waals surface area contributed by atoms with Crippen LogP contribution in [0.4, 0.5) is 5.82 Å². The van der Waals surface area contributed by atoms with Crippen LogP contribution in [0.3, 0.4) is 0 Å². The lowest BCUT2D eigenvalue weighted by Gasteiger charge is -2.42. The molecule has 3 aromatic rings. The Kier molecular flexibility index (Phi) is 3.97. The summed E-state index contributed by atoms with van der Waals surface area (Å²) in [5.74, 6) is 0.750. The van der Waals surface area contributed by atoms with E-state index in [1.807, 2.05) is 18.2 Å². The van der Waals surface area contributed by atoms with Crippen LogP contribution in [-0.4, -0.2) is 39.6 Å². The molecule has 0 unspecified atom stereocenters. The molecule has 2 aromatic heterocycles. The van der Waals surface area contributed by atoms with Crippen molar-refractivity contribution in [2.45, 2.75) is 18.3 Å². The monoisotopic (exact) mass is 358 g/mol. The van der Waals surface area contributed by atoms with Crippen molar-refractivity contribution in [3.8, 4) is 0 Å². The van der Waals surface area contributed by atoms with Crippen molar-refractivity contribution >= 4 is 28.6 Å². The summed E-state index contributed by atoms with van der Waals surface area (Å²) in [5, 5.41) is 0.732. The van der Waals surface area contributed by atoms with Crippen LogP contribution in [0.25, 0.3) is 11.2 Å². The number of halogens is 1. The Balaban J connectivity index is 1.63. The number of H-pyrrole nitrogens is 2. The minimum atomic E-state index is -0.274. The summed E-state index contributed by atoms with van der Waals surface area (Å²) in [6, 6.07) is 7.96. The Morgan fingerprint density at radius 3 is 2.76 bits per heavy atom. The van der Waals surface area contributed by atoms with E-state index in [1.54, 1.807) is 0 Å². The second kappa shape index (κ2) is 6.16. The summed E-state index contributed by atoms with van der Waals surface area (Å²) >= 11 is 6.17. The molecule has 130 valence electrons. The Morgan fingerprint density at radius 2 is 2.04 bits per heavy atom. The fourth-order valence-electron chi connectivity index (χ4n) is 3.65. The predicted octanol–water partition coefficient (Wildman–Crippen LogP) is 1.80. The number of nitrogens with zero attached hydrogens (tertiary/aromatic N) is 3. The molecule has 0 bridgehead atoms. The van der Waals surface area contributed by atoms with Crippen molar-refractivity contribution in [3.63, 3.8) is 0 Å². The normalized spacial score (nSPS) is 17.1. The molecule has 1 fully saturated rings. The number of anilines is 1. The van der Waals surface area contributed by atoms with E-state index < -0.39 is 0 Å². The average Bonchev–Trinajstić information content (AvgIpc) is 3.02. The van der Waals surface area contributed by atoms with E-state index in [0.717, 1.165) is 36.8 Å². The molecule has 0 amide bonds. The zero-order valence-electron chi connectivity index (χ0n) is 13.6. The Bertz CT molecular complexity index is 957. The molecule has 1 aliphatic heterocycles. The second-order valence-electron chi connectivity index (χ2n) is 6.48. The first kappa shape index (κ1) is 16.1. The number of rotatable bonds is 3. The van der Waals surface area contributed by atoms with Crippen LogP contribution < -0.4 is 16.3 Å². The fraction of sp³-hybridized carbons (Fsp3) is 0.353. The van der Waals surface area contributed by atoms with Crippen LogP contribution in [0.2, 0.25) is 5.02 Å². The maximum atomic E-state index is 11.6. The molecule has 1 aromatic carbocycles. The Morgan fingerprint density at radius 1 is 1.24 bits per heavy atom. The molecular formula is C17H19ClN6O. The molecule has 1 aliphatic rings. The van der Waals surface area contributed by atoms with Crippen molar-refractivity contribution in [1.82, 2.24) is 19.9 Å². The van der Waals surface area contributed by atoms with Gasteiger partial charge in [-0.05, 0) is 30.5 Å². The van der Waals surface area contributed by atoms with Crippen molar-refractivity contribution in [2.24, 2.45) is 5.73 Å². The highest BCUT2D eigenvalue weighted by atomic mass is 35.5. The smallest absolute Gasteiger partial charge is 0.325 e. The second-order valence-corrected chi connectivity index (χ2v) is 6.92. The van der Waals surface area contributed by atoms with Gasteiger partial charge in [0.2, 0.25) is 0 Å². The molecule has 7 nitrogen and oxygen atoms in total. The van der Waals surface area contributed by atoms with E-state index in [9.17, 15) is 4.79 Å². The fourth-order valence-corrected chi connectivity index (χ4v) is 3.84. The molecule has 0 spiro atoms. The van der Waals surface area contributed by atoms with Gasteiger partial charge < -0.3 is 15.6 Å². The summed E-state index contributed by atoms with van der Waals surface area (Å²) in [6.07, 6.45) is 3.26. The summed E-state index contributed by atoms with van der Waals surface area (Å²) in [6.45, 7) is 2.16. The molecular weight excluding hydrogens is 340 g/mol. The highest BCUT2D eigenvalue weighted by Crippen LogP contribution is 2.37. The highest BCUT2D eigenvalue weighted by Gasteiger charge is 2.36. The summed E-state index contributed by atoms with van der Waals surface area (Å²) in [5.41, 5.74) is 8.16. The van der Waals surface area contributed by atoms with E-state index in [4.69, 9.17) is 17.3 Å². The van der Waals surface area contributed by atoms with Crippen LogP contribution >= 0.6 is 11.6 Å². The van der Waals surface area contributed by atoms with Crippen LogP contribution in [0, 0.1) is 0 Å². The maximum Gasteiger partial charge on any atom is 0.325 e. The third kappa shape index (κ3) is 2.79. The molecule has 0 aliphatic carbocycles. The number of nitrogens with one attached hydrogen (secondary N) is 2. The minimum absolute atomic E-state index is 0.0842. The van der Waals surface area contributed by atoms with E-state index in [-0.39, 0.29) is 11.1 Å². The van der Waals surface area contributed by atoms with E-state index in [0.29, 0.717) is 17.7 Å². The van der Waals surface area contributed by atoms with Gasteiger partial charge in [0.15, 0.2) is 11.5 Å².